The number of amides is 1. The Balaban J connectivity index is 1.39. The second kappa shape index (κ2) is 11.0. The molecular weight excluding hydrogens is 529 g/mol. The van der Waals surface area contributed by atoms with E-state index in [1.807, 2.05) is 43.5 Å². The van der Waals surface area contributed by atoms with Crippen LogP contribution in [0, 0.1) is 0 Å². The van der Waals surface area contributed by atoms with Crippen molar-refractivity contribution in [1.82, 2.24) is 35.6 Å². The van der Waals surface area contributed by atoms with Gasteiger partial charge in [-0.05, 0) is 49.5 Å². The number of thiazole rings is 1. The van der Waals surface area contributed by atoms with E-state index < -0.39 is 17.8 Å². The molecule has 13 heteroatoms. The lowest BCUT2D eigenvalue weighted by Gasteiger charge is -2.13. The lowest BCUT2D eigenvalue weighted by Crippen LogP contribution is -2.26. The highest BCUT2D eigenvalue weighted by Gasteiger charge is 2.33. The molecule has 0 saturated carbocycles. The Morgan fingerprint density at radius 3 is 2.74 bits per heavy atom. The Morgan fingerprint density at radius 1 is 1.13 bits per heavy atom. The average molecular weight is 555 g/mol. The van der Waals surface area contributed by atoms with Gasteiger partial charge in [-0.25, -0.2) is 4.98 Å². The van der Waals surface area contributed by atoms with Gasteiger partial charge in [-0.3, -0.25) is 15.0 Å². The summed E-state index contributed by atoms with van der Waals surface area (Å²) in [6.45, 7) is 2.47. The number of hydrogen-bond acceptors (Lipinski definition) is 7. The van der Waals surface area contributed by atoms with Crippen LogP contribution in [0.25, 0.3) is 32.7 Å². The Labute approximate surface area is 225 Å². The van der Waals surface area contributed by atoms with Crippen LogP contribution < -0.4 is 10.6 Å². The zero-order chi connectivity index (χ0) is 27.6. The number of aromatic nitrogens is 5. The van der Waals surface area contributed by atoms with Crippen molar-refractivity contribution in [2.45, 2.75) is 12.7 Å². The number of likely N-dealkylation sites (N-methyl/N-ethyl adjacent to an activating group) is 1. The molecule has 2 aromatic carbocycles. The molecule has 5 rings (SSSR count). The Kier molecular flexibility index (Phi) is 7.46. The number of aromatic amines is 2. The summed E-state index contributed by atoms with van der Waals surface area (Å²) in [5, 5.41) is 21.6. The maximum atomic E-state index is 13.2. The lowest BCUT2D eigenvalue weighted by molar-refractivity contribution is -0.141. The van der Waals surface area contributed by atoms with Crippen molar-refractivity contribution < 1.29 is 18.0 Å². The number of nitrogens with one attached hydrogen (secondary N) is 4. The molecule has 5 aromatic rings. The first kappa shape index (κ1) is 26.5. The molecule has 0 aliphatic heterocycles. The molecule has 0 fully saturated rings. The molecule has 0 aliphatic carbocycles. The molecule has 0 bridgehead atoms. The number of alkyl halides is 3. The highest BCUT2D eigenvalue weighted by molar-refractivity contribution is 7.13. The molecule has 0 atom stereocenters. The topological polar surface area (TPSA) is 115 Å². The van der Waals surface area contributed by atoms with Gasteiger partial charge in [0.15, 0.2) is 0 Å². The zero-order valence-electron chi connectivity index (χ0n) is 21.1. The van der Waals surface area contributed by atoms with Crippen LogP contribution in [0.15, 0.2) is 54.0 Å². The van der Waals surface area contributed by atoms with Gasteiger partial charge in [0.1, 0.15) is 22.1 Å². The summed E-state index contributed by atoms with van der Waals surface area (Å²) in [6, 6.07) is 12.7. The summed E-state index contributed by atoms with van der Waals surface area (Å²) >= 11 is 1.04. The highest BCUT2D eigenvalue weighted by atomic mass is 32.1. The van der Waals surface area contributed by atoms with Crippen molar-refractivity contribution in [1.29, 1.82) is 0 Å². The van der Waals surface area contributed by atoms with E-state index in [9.17, 15) is 18.0 Å². The highest BCUT2D eigenvalue weighted by Crippen LogP contribution is 2.34. The Morgan fingerprint density at radius 2 is 1.97 bits per heavy atom. The van der Waals surface area contributed by atoms with Crippen molar-refractivity contribution in [3.8, 4) is 21.8 Å². The number of fused-ring (bicyclic) bond motifs is 1. The van der Waals surface area contributed by atoms with E-state index in [2.05, 4.69) is 41.9 Å². The maximum Gasteiger partial charge on any atom is 0.432 e. The number of carbonyl (C=O) groups excluding carboxylic acids is 1. The summed E-state index contributed by atoms with van der Waals surface area (Å²) in [5.41, 5.74) is 3.20. The number of rotatable bonds is 9. The summed E-state index contributed by atoms with van der Waals surface area (Å²) < 4.78 is 38.8. The van der Waals surface area contributed by atoms with Crippen molar-refractivity contribution >= 4 is 33.8 Å². The fourth-order valence-electron chi connectivity index (χ4n) is 3.98. The minimum atomic E-state index is -4.55. The lowest BCUT2D eigenvalue weighted by atomic mass is 9.99. The predicted molar refractivity (Wildman–Crippen MR) is 144 cm³/mol. The van der Waals surface area contributed by atoms with E-state index in [1.54, 1.807) is 12.3 Å². The zero-order valence-corrected chi connectivity index (χ0v) is 21.9. The molecule has 1 amide bonds. The molecule has 0 radical (unpaired) electrons. The third-order valence-corrected chi connectivity index (χ3v) is 6.83. The van der Waals surface area contributed by atoms with E-state index in [4.69, 9.17) is 0 Å². The van der Waals surface area contributed by atoms with E-state index in [0.717, 1.165) is 58.1 Å². The molecule has 3 aromatic heterocycles. The van der Waals surface area contributed by atoms with Gasteiger partial charge >= 0.3 is 6.18 Å². The average Bonchev–Trinajstić information content (AvgIpc) is 3.66. The van der Waals surface area contributed by atoms with Crippen LogP contribution in [0.1, 0.15) is 21.7 Å². The number of benzene rings is 2. The number of halogens is 3. The molecule has 4 N–H and O–H groups in total. The van der Waals surface area contributed by atoms with Gasteiger partial charge in [0, 0.05) is 36.0 Å². The van der Waals surface area contributed by atoms with Gasteiger partial charge in [-0.15, -0.1) is 11.3 Å². The van der Waals surface area contributed by atoms with E-state index in [-0.39, 0.29) is 16.4 Å². The minimum Gasteiger partial charge on any atom is -0.320 e. The predicted octanol–water partition coefficient (Wildman–Crippen LogP) is 5.00. The normalized spacial score (nSPS) is 11.9. The van der Waals surface area contributed by atoms with Crippen molar-refractivity contribution in [3.05, 3.63) is 71.0 Å². The SMILES string of the molecule is CN(C)CCNCc1cccc(-c2cc3cn[nH]c3cc2NC(=O)c2csc(-c3cc(C(F)(F)F)[nH]n3)n2)c1. The van der Waals surface area contributed by atoms with Crippen LogP contribution >= 0.6 is 11.3 Å². The molecule has 0 spiro atoms. The van der Waals surface area contributed by atoms with Crippen LogP contribution in [0.4, 0.5) is 18.9 Å². The van der Waals surface area contributed by atoms with Crippen LogP contribution in [0.3, 0.4) is 0 Å². The molecule has 0 aliphatic rings. The summed E-state index contributed by atoms with van der Waals surface area (Å²) in [7, 11) is 4.05. The third-order valence-electron chi connectivity index (χ3n) is 5.97. The first-order chi connectivity index (χ1) is 18.7. The standard InChI is InChI=1S/C26H25F3N8OS/c1-37(2)7-6-30-12-15-4-3-5-16(8-15)18-9-17-13-31-34-19(17)10-20(18)32-24(38)22-14-39-25(33-22)21-11-23(36-35-21)26(27,28)29/h3-5,8-11,13-14,30H,6-7,12H2,1-2H3,(H,31,34)(H,32,38)(H,35,36). The van der Waals surface area contributed by atoms with Crippen molar-refractivity contribution in [3.63, 3.8) is 0 Å². The van der Waals surface area contributed by atoms with Crippen molar-refractivity contribution in [2.75, 3.05) is 32.5 Å². The minimum absolute atomic E-state index is 0.0157. The Hall–Kier alpha value is -4.07. The molecule has 0 unspecified atom stereocenters. The number of anilines is 1. The van der Waals surface area contributed by atoms with Crippen LogP contribution in [0.2, 0.25) is 0 Å². The first-order valence-electron chi connectivity index (χ1n) is 12.0. The summed E-state index contributed by atoms with van der Waals surface area (Å²) in [5.74, 6) is -0.495. The fourth-order valence-corrected chi connectivity index (χ4v) is 4.74. The smallest absolute Gasteiger partial charge is 0.320 e. The summed E-state index contributed by atoms with van der Waals surface area (Å²) in [6.07, 6.45) is -2.84. The number of carbonyl (C=O) groups is 1. The van der Waals surface area contributed by atoms with E-state index >= 15 is 0 Å². The number of hydrogen-bond donors (Lipinski definition) is 4. The molecule has 9 nitrogen and oxygen atoms in total. The molecule has 0 saturated heterocycles. The van der Waals surface area contributed by atoms with Gasteiger partial charge in [-0.1, -0.05) is 18.2 Å². The fraction of sp³-hybridized carbons (Fsp3) is 0.231. The van der Waals surface area contributed by atoms with Crippen LogP contribution in [-0.4, -0.2) is 63.4 Å². The maximum absolute atomic E-state index is 13.2. The first-order valence-corrected chi connectivity index (χ1v) is 12.9. The second-order valence-electron chi connectivity index (χ2n) is 9.19. The number of H-pyrrole nitrogens is 2. The van der Waals surface area contributed by atoms with E-state index in [1.165, 1.54) is 5.38 Å². The van der Waals surface area contributed by atoms with Gasteiger partial charge in [0.25, 0.3) is 5.91 Å². The molecule has 39 heavy (non-hydrogen) atoms. The molecular formula is C26H25F3N8OS. The van der Waals surface area contributed by atoms with Crippen LogP contribution in [0.5, 0.6) is 0 Å². The largest absolute Gasteiger partial charge is 0.432 e. The van der Waals surface area contributed by atoms with Crippen molar-refractivity contribution in [2.24, 2.45) is 0 Å². The molecule has 202 valence electrons. The second-order valence-corrected chi connectivity index (χ2v) is 10.1. The third kappa shape index (κ3) is 6.16. The monoisotopic (exact) mass is 554 g/mol. The quantitative estimate of drug-likeness (QED) is 0.191. The van der Waals surface area contributed by atoms with Gasteiger partial charge in [-0.2, -0.15) is 23.4 Å². The Bertz CT molecular complexity index is 1600. The van der Waals surface area contributed by atoms with Gasteiger partial charge in [0.2, 0.25) is 0 Å². The number of nitrogens with zero attached hydrogens (tertiary/aromatic N) is 4. The van der Waals surface area contributed by atoms with Crippen LogP contribution in [-0.2, 0) is 12.7 Å². The van der Waals surface area contributed by atoms with Gasteiger partial charge in [0.05, 0.1) is 17.4 Å². The van der Waals surface area contributed by atoms with E-state index in [0.29, 0.717) is 12.2 Å². The van der Waals surface area contributed by atoms with Gasteiger partial charge < -0.3 is 15.5 Å². The molecule has 3 heterocycles. The summed E-state index contributed by atoms with van der Waals surface area (Å²) in [4.78, 5) is 19.5.